The van der Waals surface area contributed by atoms with E-state index in [1.54, 1.807) is 0 Å². The van der Waals surface area contributed by atoms with Crippen LogP contribution >= 0.6 is 12.2 Å². The molecule has 0 spiro atoms. The fourth-order valence-electron chi connectivity index (χ4n) is 4.60. The Balaban J connectivity index is 1.59. The molecule has 6 heteroatoms. The average molecular weight is 404 g/mol. The predicted octanol–water partition coefficient (Wildman–Crippen LogP) is 4.40. The van der Waals surface area contributed by atoms with E-state index in [0.29, 0.717) is 6.04 Å². The van der Waals surface area contributed by atoms with Gasteiger partial charge in [-0.3, -0.25) is 9.97 Å². The van der Waals surface area contributed by atoms with Crippen molar-refractivity contribution in [3.63, 3.8) is 0 Å². The first-order chi connectivity index (χ1) is 14.1. The maximum atomic E-state index is 5.80. The van der Waals surface area contributed by atoms with Crippen LogP contribution in [0.1, 0.15) is 59.2 Å². The molecule has 5 rings (SSSR count). The third kappa shape index (κ3) is 3.31. The molecule has 3 aromatic heterocycles. The summed E-state index contributed by atoms with van der Waals surface area (Å²) in [7, 11) is 0. The van der Waals surface area contributed by atoms with Crippen molar-refractivity contribution in [1.82, 2.24) is 24.8 Å². The van der Waals surface area contributed by atoms with Gasteiger partial charge in [-0.05, 0) is 74.3 Å². The van der Waals surface area contributed by atoms with Crippen molar-refractivity contribution in [2.75, 3.05) is 0 Å². The molecule has 5 nitrogen and oxygen atoms in total. The number of hydrogen-bond donors (Lipinski definition) is 1. The second kappa shape index (κ2) is 7.26. The predicted molar refractivity (Wildman–Crippen MR) is 117 cm³/mol. The normalized spacial score (nSPS) is 21.4. The molecule has 148 valence electrons. The van der Waals surface area contributed by atoms with Crippen molar-refractivity contribution >= 4 is 17.3 Å². The highest BCUT2D eigenvalue weighted by molar-refractivity contribution is 7.80. The zero-order valence-electron chi connectivity index (χ0n) is 16.7. The van der Waals surface area contributed by atoms with E-state index in [4.69, 9.17) is 12.2 Å². The molecular formula is C23H25N5S. The summed E-state index contributed by atoms with van der Waals surface area (Å²) in [6.45, 7) is 5.19. The van der Waals surface area contributed by atoms with Crippen molar-refractivity contribution in [3.8, 4) is 0 Å². The number of aromatic nitrogens is 3. The van der Waals surface area contributed by atoms with Gasteiger partial charge in [0.25, 0.3) is 0 Å². The largest absolute Gasteiger partial charge is 0.352 e. The van der Waals surface area contributed by atoms with Crippen LogP contribution < -0.4 is 5.32 Å². The lowest BCUT2D eigenvalue weighted by molar-refractivity contribution is 0.309. The van der Waals surface area contributed by atoms with E-state index in [1.165, 1.54) is 29.8 Å². The summed E-state index contributed by atoms with van der Waals surface area (Å²) in [6, 6.07) is 13.3. The van der Waals surface area contributed by atoms with Crippen molar-refractivity contribution in [2.45, 2.75) is 51.4 Å². The van der Waals surface area contributed by atoms with Crippen LogP contribution in [0.4, 0.5) is 0 Å². The molecule has 2 aliphatic rings. The summed E-state index contributed by atoms with van der Waals surface area (Å²) in [5.74, 6) is 0. The van der Waals surface area contributed by atoms with E-state index in [0.717, 1.165) is 22.9 Å². The van der Waals surface area contributed by atoms with Gasteiger partial charge >= 0.3 is 0 Å². The molecule has 1 saturated heterocycles. The standard InChI is InChI=1S/C23H25N5S/c1-15-12-19(16(2)28(15)18-8-9-18)22-21(20-7-3-4-11-25-20)26-23(29)27(22)14-17-6-5-10-24-13-17/h3-7,10-13,18,21-22H,8-9,14H2,1-2H3,(H,26,29)/t21-,22+/m0/s1. The summed E-state index contributed by atoms with van der Waals surface area (Å²) in [5, 5.41) is 4.32. The van der Waals surface area contributed by atoms with Crippen LogP contribution in [0.25, 0.3) is 0 Å². The van der Waals surface area contributed by atoms with Crippen molar-refractivity contribution in [1.29, 1.82) is 0 Å². The topological polar surface area (TPSA) is 46.0 Å². The van der Waals surface area contributed by atoms with Gasteiger partial charge in [0, 0.05) is 42.6 Å². The first-order valence-electron chi connectivity index (χ1n) is 10.2. The Morgan fingerprint density at radius 2 is 2.00 bits per heavy atom. The lowest BCUT2D eigenvalue weighted by Crippen LogP contribution is -2.29. The van der Waals surface area contributed by atoms with E-state index in [9.17, 15) is 0 Å². The number of pyridine rings is 2. The zero-order valence-corrected chi connectivity index (χ0v) is 17.6. The minimum atomic E-state index is 0.0218. The number of nitrogens with one attached hydrogen (secondary N) is 1. The van der Waals surface area contributed by atoms with Crippen LogP contribution in [-0.2, 0) is 6.54 Å². The number of aryl methyl sites for hydroxylation is 1. The Morgan fingerprint density at radius 3 is 2.69 bits per heavy atom. The Morgan fingerprint density at radius 1 is 1.14 bits per heavy atom. The fourth-order valence-corrected chi connectivity index (χ4v) is 4.90. The first-order valence-corrected chi connectivity index (χ1v) is 10.6. The van der Waals surface area contributed by atoms with Crippen molar-refractivity contribution < 1.29 is 0 Å². The van der Waals surface area contributed by atoms with Crippen LogP contribution in [0, 0.1) is 13.8 Å². The Hall–Kier alpha value is -2.73. The third-order valence-corrected chi connectivity index (χ3v) is 6.38. The highest BCUT2D eigenvalue weighted by atomic mass is 32.1. The summed E-state index contributed by atoms with van der Waals surface area (Å²) in [4.78, 5) is 11.2. The number of hydrogen-bond acceptors (Lipinski definition) is 3. The third-order valence-electron chi connectivity index (χ3n) is 6.03. The van der Waals surface area contributed by atoms with Gasteiger partial charge in [-0.2, -0.15) is 0 Å². The van der Waals surface area contributed by atoms with Gasteiger partial charge in [0.05, 0.1) is 17.8 Å². The first kappa shape index (κ1) is 18.3. The smallest absolute Gasteiger partial charge is 0.170 e. The van der Waals surface area contributed by atoms with Gasteiger partial charge in [-0.1, -0.05) is 12.1 Å². The maximum Gasteiger partial charge on any atom is 0.170 e. The summed E-state index contributed by atoms with van der Waals surface area (Å²) >= 11 is 5.80. The average Bonchev–Trinajstić information content (AvgIpc) is 3.46. The molecule has 3 aromatic rings. The number of nitrogens with zero attached hydrogens (tertiary/aromatic N) is 4. The lowest BCUT2D eigenvalue weighted by atomic mass is 9.96. The van der Waals surface area contributed by atoms with Gasteiger partial charge < -0.3 is 14.8 Å². The SMILES string of the molecule is Cc1cc([C@@H]2[C@H](c3ccccn3)NC(=S)N2Cc2cccnc2)c(C)n1C1CC1. The zero-order chi connectivity index (χ0) is 20.0. The molecule has 29 heavy (non-hydrogen) atoms. The Labute approximate surface area is 176 Å². The summed E-state index contributed by atoms with van der Waals surface area (Å²) < 4.78 is 2.51. The highest BCUT2D eigenvalue weighted by Crippen LogP contribution is 2.44. The summed E-state index contributed by atoms with van der Waals surface area (Å²) in [6.07, 6.45) is 8.14. The van der Waals surface area contributed by atoms with Crippen LogP contribution in [-0.4, -0.2) is 24.5 Å². The minimum absolute atomic E-state index is 0.0218. The molecule has 1 N–H and O–H groups in total. The van der Waals surface area contributed by atoms with Gasteiger partial charge in [0.15, 0.2) is 5.11 Å². The maximum absolute atomic E-state index is 5.80. The second-order valence-electron chi connectivity index (χ2n) is 8.04. The van der Waals surface area contributed by atoms with E-state index in [2.05, 4.69) is 56.8 Å². The highest BCUT2D eigenvalue weighted by Gasteiger charge is 2.42. The molecule has 0 aromatic carbocycles. The van der Waals surface area contributed by atoms with E-state index < -0.39 is 0 Å². The molecular weight excluding hydrogens is 378 g/mol. The van der Waals surface area contributed by atoms with Gasteiger partial charge in [-0.15, -0.1) is 0 Å². The van der Waals surface area contributed by atoms with Crippen molar-refractivity contribution in [2.24, 2.45) is 0 Å². The molecule has 1 aliphatic heterocycles. The van der Waals surface area contributed by atoms with Crippen molar-refractivity contribution in [3.05, 3.63) is 83.2 Å². The number of thiocarbonyl (C=S) groups is 1. The molecule has 0 unspecified atom stereocenters. The molecule has 2 atom stereocenters. The second-order valence-corrected chi connectivity index (χ2v) is 8.43. The number of rotatable bonds is 5. The Kier molecular flexibility index (Phi) is 4.59. The molecule has 0 amide bonds. The van der Waals surface area contributed by atoms with Crippen LogP contribution in [0.15, 0.2) is 55.0 Å². The lowest BCUT2D eigenvalue weighted by Gasteiger charge is -2.28. The molecule has 4 heterocycles. The van der Waals surface area contributed by atoms with Gasteiger partial charge in [-0.25, -0.2) is 0 Å². The molecule has 1 saturated carbocycles. The quantitative estimate of drug-likeness (QED) is 0.640. The minimum Gasteiger partial charge on any atom is -0.352 e. The molecule has 1 aliphatic carbocycles. The molecule has 0 bridgehead atoms. The van der Waals surface area contributed by atoms with Crippen LogP contribution in [0.5, 0.6) is 0 Å². The molecule has 2 fully saturated rings. The van der Waals surface area contributed by atoms with E-state index in [-0.39, 0.29) is 12.1 Å². The molecule has 0 radical (unpaired) electrons. The fraction of sp³-hybridized carbons (Fsp3) is 0.348. The van der Waals surface area contributed by atoms with E-state index in [1.807, 2.05) is 36.8 Å². The summed E-state index contributed by atoms with van der Waals surface area (Å²) in [5.41, 5.74) is 6.18. The van der Waals surface area contributed by atoms with Crippen LogP contribution in [0.2, 0.25) is 0 Å². The van der Waals surface area contributed by atoms with Gasteiger partial charge in [0.2, 0.25) is 0 Å². The Bertz CT molecular complexity index is 1030. The van der Waals surface area contributed by atoms with E-state index >= 15 is 0 Å². The van der Waals surface area contributed by atoms with Gasteiger partial charge in [0.1, 0.15) is 0 Å². The van der Waals surface area contributed by atoms with Crippen LogP contribution in [0.3, 0.4) is 0 Å². The monoisotopic (exact) mass is 403 g/mol.